The summed E-state index contributed by atoms with van der Waals surface area (Å²) in [6, 6.07) is 9.61. The Labute approximate surface area is 147 Å². The summed E-state index contributed by atoms with van der Waals surface area (Å²) in [6.45, 7) is 10.0. The number of benzene rings is 1. The number of hydrogen-bond donors (Lipinski definition) is 1. The largest absolute Gasteiger partial charge is 0.335 e. The van der Waals surface area contributed by atoms with Gasteiger partial charge in [-0.15, -0.1) is 0 Å². The molecule has 0 spiro atoms. The second-order valence-corrected chi connectivity index (χ2v) is 7.13. The summed E-state index contributed by atoms with van der Waals surface area (Å²) < 4.78 is 1.74. The Bertz CT molecular complexity index is 777. The lowest BCUT2D eigenvalue weighted by Gasteiger charge is -2.17. The van der Waals surface area contributed by atoms with E-state index >= 15 is 0 Å². The van der Waals surface area contributed by atoms with Gasteiger partial charge in [-0.3, -0.25) is 9.36 Å². The minimum Gasteiger partial charge on any atom is -0.335 e. The monoisotopic (exact) mass is 345 g/mol. The van der Waals surface area contributed by atoms with Gasteiger partial charge in [0.25, 0.3) is 5.56 Å². The topological polar surface area (TPSA) is 63.1 Å². The van der Waals surface area contributed by atoms with Crippen LogP contribution in [-0.4, -0.2) is 34.4 Å². The lowest BCUT2D eigenvalue weighted by molar-refractivity contribution is -0.896. The van der Waals surface area contributed by atoms with Crippen LogP contribution in [0.4, 0.5) is 0 Å². The average molecular weight is 345 g/mol. The van der Waals surface area contributed by atoms with E-state index in [0.29, 0.717) is 22.6 Å². The number of nitrogens with zero attached hydrogens (tertiary/aromatic N) is 3. The van der Waals surface area contributed by atoms with E-state index in [-0.39, 0.29) is 10.8 Å². The summed E-state index contributed by atoms with van der Waals surface area (Å²) in [7, 11) is 0. The molecule has 0 fully saturated rings. The van der Waals surface area contributed by atoms with Crippen LogP contribution in [0.1, 0.15) is 27.2 Å². The molecule has 1 atom stereocenters. The van der Waals surface area contributed by atoms with Crippen molar-refractivity contribution >= 4 is 22.7 Å². The molecular weight excluding hydrogens is 320 g/mol. The molecule has 1 aromatic carbocycles. The van der Waals surface area contributed by atoms with E-state index in [1.54, 1.807) is 4.57 Å². The molecule has 1 heterocycles. The standard InChI is InChI=1S/C18H24N4OS/c1-4-21(5-2)11-8-12-22-17(23)15-9-6-7-10-16(15)20-18(22)24-14(3)13-19/h6-7,9-10,14H,4-5,8,11-12H2,1-3H3/p+1/t14-/m1/s1. The molecule has 0 amide bonds. The molecule has 1 aromatic heterocycles. The van der Waals surface area contributed by atoms with Gasteiger partial charge in [-0.2, -0.15) is 5.26 Å². The van der Waals surface area contributed by atoms with Crippen molar-refractivity contribution in [1.82, 2.24) is 9.55 Å². The van der Waals surface area contributed by atoms with Crippen molar-refractivity contribution in [3.05, 3.63) is 34.6 Å². The van der Waals surface area contributed by atoms with Crippen molar-refractivity contribution in [2.24, 2.45) is 0 Å². The number of thioether (sulfide) groups is 1. The first-order chi connectivity index (χ1) is 11.6. The van der Waals surface area contributed by atoms with Crippen molar-refractivity contribution in [2.45, 2.75) is 44.1 Å². The first-order valence-corrected chi connectivity index (χ1v) is 9.38. The molecule has 0 radical (unpaired) electrons. The summed E-state index contributed by atoms with van der Waals surface area (Å²) >= 11 is 1.35. The maximum Gasteiger partial charge on any atom is 0.262 e. The van der Waals surface area contributed by atoms with Gasteiger partial charge in [0, 0.05) is 13.0 Å². The lowest BCUT2D eigenvalue weighted by atomic mass is 10.2. The average Bonchev–Trinajstić information content (AvgIpc) is 2.61. The molecule has 2 aromatic rings. The van der Waals surface area contributed by atoms with Crippen LogP contribution in [-0.2, 0) is 6.54 Å². The number of para-hydroxylation sites is 1. The van der Waals surface area contributed by atoms with Crippen molar-refractivity contribution in [1.29, 1.82) is 5.26 Å². The van der Waals surface area contributed by atoms with E-state index in [1.807, 2.05) is 31.2 Å². The van der Waals surface area contributed by atoms with Crippen molar-refractivity contribution in [3.63, 3.8) is 0 Å². The fraction of sp³-hybridized carbons (Fsp3) is 0.500. The summed E-state index contributed by atoms with van der Waals surface area (Å²) in [5, 5.41) is 10.1. The Morgan fingerprint density at radius 1 is 1.33 bits per heavy atom. The minimum absolute atomic E-state index is 0.0113. The Morgan fingerprint density at radius 3 is 2.71 bits per heavy atom. The molecule has 0 aliphatic rings. The summed E-state index contributed by atoms with van der Waals surface area (Å²) in [6.07, 6.45) is 0.922. The zero-order valence-corrected chi connectivity index (χ0v) is 15.4. The first kappa shape index (κ1) is 18.5. The number of quaternary nitrogens is 1. The lowest BCUT2D eigenvalue weighted by Crippen LogP contribution is -3.11. The zero-order chi connectivity index (χ0) is 17.5. The molecule has 0 bridgehead atoms. The molecule has 0 aliphatic carbocycles. The Balaban J connectivity index is 2.34. The molecule has 1 N–H and O–H groups in total. The highest BCUT2D eigenvalue weighted by atomic mass is 32.2. The smallest absolute Gasteiger partial charge is 0.262 e. The van der Waals surface area contributed by atoms with Gasteiger partial charge in [0.05, 0.1) is 41.9 Å². The normalized spacial score (nSPS) is 12.5. The van der Waals surface area contributed by atoms with E-state index in [0.717, 1.165) is 26.1 Å². The van der Waals surface area contributed by atoms with Crippen LogP contribution in [0.25, 0.3) is 10.9 Å². The van der Waals surface area contributed by atoms with Crippen LogP contribution in [0.15, 0.2) is 34.2 Å². The van der Waals surface area contributed by atoms with Crippen LogP contribution < -0.4 is 10.5 Å². The highest BCUT2D eigenvalue weighted by molar-refractivity contribution is 8.00. The fourth-order valence-corrected chi connectivity index (χ4v) is 3.53. The Hall–Kier alpha value is -1.84. The van der Waals surface area contributed by atoms with E-state index in [4.69, 9.17) is 5.26 Å². The predicted octanol–water partition coefficient (Wildman–Crippen LogP) is 1.72. The quantitative estimate of drug-likeness (QED) is 0.584. The molecule has 0 aliphatic heterocycles. The maximum atomic E-state index is 12.9. The number of hydrogen-bond acceptors (Lipinski definition) is 4. The van der Waals surface area contributed by atoms with Crippen molar-refractivity contribution in [3.8, 4) is 6.07 Å². The van der Waals surface area contributed by atoms with Gasteiger partial charge in [-0.25, -0.2) is 4.98 Å². The number of nitrogens with one attached hydrogen (secondary N) is 1. The molecule has 2 rings (SSSR count). The second kappa shape index (κ2) is 8.86. The number of rotatable bonds is 8. The first-order valence-electron chi connectivity index (χ1n) is 8.50. The van der Waals surface area contributed by atoms with Crippen molar-refractivity contribution < 1.29 is 4.90 Å². The molecule has 6 heteroatoms. The Kier molecular flexibility index (Phi) is 6.83. The summed E-state index contributed by atoms with van der Waals surface area (Å²) in [5.41, 5.74) is 0.684. The van der Waals surface area contributed by atoms with Crippen LogP contribution in [0.3, 0.4) is 0 Å². The van der Waals surface area contributed by atoms with Crippen molar-refractivity contribution in [2.75, 3.05) is 19.6 Å². The van der Waals surface area contributed by atoms with Crippen LogP contribution in [0.2, 0.25) is 0 Å². The molecule has 5 nitrogen and oxygen atoms in total. The molecule has 24 heavy (non-hydrogen) atoms. The van der Waals surface area contributed by atoms with Crippen LogP contribution in [0.5, 0.6) is 0 Å². The van der Waals surface area contributed by atoms with E-state index in [9.17, 15) is 4.79 Å². The number of aromatic nitrogens is 2. The highest BCUT2D eigenvalue weighted by Crippen LogP contribution is 2.22. The third kappa shape index (κ3) is 4.37. The molecule has 0 unspecified atom stereocenters. The second-order valence-electron chi connectivity index (χ2n) is 5.82. The summed E-state index contributed by atoms with van der Waals surface area (Å²) in [4.78, 5) is 19.0. The fourth-order valence-electron chi connectivity index (χ4n) is 2.71. The van der Waals surface area contributed by atoms with Gasteiger partial charge < -0.3 is 4.90 Å². The Morgan fingerprint density at radius 2 is 2.04 bits per heavy atom. The number of nitriles is 1. The van der Waals surface area contributed by atoms with E-state index in [2.05, 4.69) is 24.9 Å². The molecular formula is C18H25N4OS+. The predicted molar refractivity (Wildman–Crippen MR) is 98.5 cm³/mol. The van der Waals surface area contributed by atoms with E-state index < -0.39 is 0 Å². The molecule has 128 valence electrons. The zero-order valence-electron chi connectivity index (χ0n) is 14.6. The highest BCUT2D eigenvalue weighted by Gasteiger charge is 2.14. The van der Waals surface area contributed by atoms with Gasteiger partial charge >= 0.3 is 0 Å². The number of fused-ring (bicyclic) bond motifs is 1. The third-order valence-electron chi connectivity index (χ3n) is 4.20. The van der Waals surface area contributed by atoms with Gasteiger partial charge in [0.2, 0.25) is 0 Å². The van der Waals surface area contributed by atoms with Gasteiger partial charge in [0.15, 0.2) is 5.16 Å². The maximum absolute atomic E-state index is 12.9. The van der Waals surface area contributed by atoms with Gasteiger partial charge in [-0.05, 0) is 32.9 Å². The van der Waals surface area contributed by atoms with E-state index in [1.165, 1.54) is 16.7 Å². The molecule has 0 saturated heterocycles. The van der Waals surface area contributed by atoms with Gasteiger partial charge in [-0.1, -0.05) is 23.9 Å². The van der Waals surface area contributed by atoms with Gasteiger partial charge in [0.1, 0.15) is 0 Å². The van der Waals surface area contributed by atoms with Crippen LogP contribution >= 0.6 is 11.8 Å². The minimum atomic E-state index is -0.238. The molecule has 0 saturated carbocycles. The third-order valence-corrected chi connectivity index (χ3v) is 5.18. The SMILES string of the molecule is CC[NH+](CC)CCCn1c(S[C@H](C)C#N)nc2ccccc2c1=O. The summed E-state index contributed by atoms with van der Waals surface area (Å²) in [5.74, 6) is 0. The van der Waals surface area contributed by atoms with Crippen LogP contribution in [0, 0.1) is 11.3 Å².